The first kappa shape index (κ1) is 23.2. The van der Waals surface area contributed by atoms with E-state index in [0.717, 1.165) is 37.2 Å². The zero-order chi connectivity index (χ0) is 21.8. The van der Waals surface area contributed by atoms with Gasteiger partial charge in [0.1, 0.15) is 5.60 Å². The van der Waals surface area contributed by atoms with Crippen LogP contribution < -0.4 is 21.5 Å². The van der Waals surface area contributed by atoms with Gasteiger partial charge in [0.15, 0.2) is 0 Å². The second-order valence-corrected chi connectivity index (χ2v) is 7.95. The fourth-order valence-electron chi connectivity index (χ4n) is 2.61. The number of anilines is 1. The normalized spacial score (nSPS) is 10.9. The highest BCUT2D eigenvalue weighted by atomic mass is 16.6. The highest BCUT2D eigenvalue weighted by Crippen LogP contribution is 2.07. The lowest BCUT2D eigenvalue weighted by atomic mass is 10.1. The van der Waals surface area contributed by atoms with Crippen LogP contribution in [0, 0.1) is 0 Å². The Bertz CT molecular complexity index is 786. The van der Waals surface area contributed by atoms with Crippen LogP contribution in [0.4, 0.5) is 10.5 Å². The predicted molar refractivity (Wildman–Crippen MR) is 119 cm³/mol. The molecular formula is C23H32N4O3. The summed E-state index contributed by atoms with van der Waals surface area (Å²) in [4.78, 5) is 23.7. The van der Waals surface area contributed by atoms with E-state index in [2.05, 4.69) is 21.5 Å². The van der Waals surface area contributed by atoms with Crippen molar-refractivity contribution in [1.29, 1.82) is 0 Å². The molecule has 0 aliphatic carbocycles. The van der Waals surface area contributed by atoms with E-state index in [-0.39, 0.29) is 12.0 Å². The molecule has 30 heavy (non-hydrogen) atoms. The quantitative estimate of drug-likeness (QED) is 0.352. The number of hydrogen-bond acceptors (Lipinski definition) is 5. The lowest BCUT2D eigenvalue weighted by Crippen LogP contribution is -2.33. The van der Waals surface area contributed by atoms with Crippen molar-refractivity contribution in [2.75, 3.05) is 18.5 Å². The molecule has 2 amide bonds. The fraction of sp³-hybridized carbons (Fsp3) is 0.391. The monoisotopic (exact) mass is 412 g/mol. The van der Waals surface area contributed by atoms with E-state index in [1.54, 1.807) is 0 Å². The van der Waals surface area contributed by atoms with Crippen molar-refractivity contribution in [3.63, 3.8) is 0 Å². The van der Waals surface area contributed by atoms with E-state index < -0.39 is 5.60 Å². The van der Waals surface area contributed by atoms with Crippen LogP contribution in [0.25, 0.3) is 0 Å². The molecule has 162 valence electrons. The molecule has 0 aliphatic rings. The maximum absolute atomic E-state index is 12.2. The molecule has 2 aromatic rings. The van der Waals surface area contributed by atoms with E-state index >= 15 is 0 Å². The number of alkyl carbamates (subject to hydrolysis) is 1. The van der Waals surface area contributed by atoms with Gasteiger partial charge in [0.25, 0.3) is 5.91 Å². The minimum atomic E-state index is -0.472. The van der Waals surface area contributed by atoms with Gasteiger partial charge in [-0.25, -0.2) is 4.79 Å². The molecule has 2 rings (SSSR count). The van der Waals surface area contributed by atoms with Crippen molar-refractivity contribution in [3.8, 4) is 0 Å². The average Bonchev–Trinajstić information content (AvgIpc) is 2.71. The van der Waals surface area contributed by atoms with Crippen LogP contribution >= 0.6 is 0 Å². The Hall–Kier alpha value is -3.06. The minimum absolute atomic E-state index is 0.184. The molecule has 7 nitrogen and oxygen atoms in total. The summed E-state index contributed by atoms with van der Waals surface area (Å²) >= 11 is 0. The molecule has 0 unspecified atom stereocenters. The molecule has 0 heterocycles. The number of rotatable bonds is 10. The van der Waals surface area contributed by atoms with Crippen LogP contribution in [0.1, 0.15) is 49.5 Å². The maximum atomic E-state index is 12.2. The highest BCUT2D eigenvalue weighted by Gasteiger charge is 2.15. The van der Waals surface area contributed by atoms with Gasteiger partial charge in [-0.1, -0.05) is 30.3 Å². The van der Waals surface area contributed by atoms with Crippen LogP contribution in [-0.4, -0.2) is 30.7 Å². The summed E-state index contributed by atoms with van der Waals surface area (Å²) in [6.07, 6.45) is 1.44. The van der Waals surface area contributed by atoms with Gasteiger partial charge in [-0.15, -0.1) is 0 Å². The second kappa shape index (κ2) is 11.8. The summed E-state index contributed by atoms with van der Waals surface area (Å²) in [6, 6.07) is 17.0. The van der Waals surface area contributed by atoms with Gasteiger partial charge in [0, 0.05) is 18.7 Å². The molecule has 0 spiro atoms. The number of unbranched alkanes of at least 4 members (excludes halogenated alkanes) is 1. The summed E-state index contributed by atoms with van der Waals surface area (Å²) in [6.45, 7) is 7.70. The SMILES string of the molecule is CC(C)(C)OC(=O)NCCCCNCc1ccc(C(=O)NNc2ccccc2)cc1. The summed E-state index contributed by atoms with van der Waals surface area (Å²) < 4.78 is 5.19. The van der Waals surface area contributed by atoms with Crippen LogP contribution in [0.15, 0.2) is 54.6 Å². The lowest BCUT2D eigenvalue weighted by Gasteiger charge is -2.19. The first-order valence-corrected chi connectivity index (χ1v) is 10.2. The molecule has 7 heteroatoms. The van der Waals surface area contributed by atoms with Gasteiger partial charge in [0.2, 0.25) is 0 Å². The molecule has 2 aromatic carbocycles. The Kier molecular flexibility index (Phi) is 9.15. The Morgan fingerprint density at radius 2 is 1.57 bits per heavy atom. The van der Waals surface area contributed by atoms with E-state index in [4.69, 9.17) is 4.74 Å². The fourth-order valence-corrected chi connectivity index (χ4v) is 2.61. The van der Waals surface area contributed by atoms with E-state index in [1.807, 2.05) is 75.4 Å². The lowest BCUT2D eigenvalue weighted by molar-refractivity contribution is 0.0527. The zero-order valence-electron chi connectivity index (χ0n) is 18.0. The zero-order valence-corrected chi connectivity index (χ0v) is 18.0. The van der Waals surface area contributed by atoms with Crippen molar-refractivity contribution >= 4 is 17.7 Å². The number of ether oxygens (including phenoxy) is 1. The number of amides is 2. The topological polar surface area (TPSA) is 91.5 Å². The van der Waals surface area contributed by atoms with Crippen LogP contribution in [-0.2, 0) is 11.3 Å². The first-order valence-electron chi connectivity index (χ1n) is 10.2. The number of carbonyl (C=O) groups is 2. The molecule has 0 saturated heterocycles. The van der Waals surface area contributed by atoms with Crippen molar-refractivity contribution in [2.24, 2.45) is 0 Å². The third kappa shape index (κ3) is 9.43. The number of carbonyl (C=O) groups excluding carboxylic acids is 2. The van der Waals surface area contributed by atoms with Gasteiger partial charge < -0.3 is 15.4 Å². The number of hydrazine groups is 1. The Balaban J connectivity index is 1.58. The molecular weight excluding hydrogens is 380 g/mol. The number of nitrogens with one attached hydrogen (secondary N) is 4. The highest BCUT2D eigenvalue weighted by molar-refractivity contribution is 5.94. The minimum Gasteiger partial charge on any atom is -0.444 e. The number of para-hydroxylation sites is 1. The van der Waals surface area contributed by atoms with Crippen LogP contribution in [0.5, 0.6) is 0 Å². The van der Waals surface area contributed by atoms with Gasteiger partial charge in [-0.3, -0.25) is 15.6 Å². The largest absolute Gasteiger partial charge is 0.444 e. The summed E-state index contributed by atoms with van der Waals surface area (Å²) in [5.74, 6) is -0.184. The Morgan fingerprint density at radius 1 is 0.900 bits per heavy atom. The van der Waals surface area contributed by atoms with Crippen molar-refractivity contribution in [2.45, 2.75) is 45.8 Å². The smallest absolute Gasteiger partial charge is 0.407 e. The van der Waals surface area contributed by atoms with Gasteiger partial charge in [0.05, 0.1) is 5.69 Å². The standard InChI is InChI=1S/C23H32N4O3/c1-23(2,3)30-22(29)25-16-8-7-15-24-17-18-11-13-19(14-12-18)21(28)27-26-20-9-5-4-6-10-20/h4-6,9-14,24,26H,7-8,15-17H2,1-3H3,(H,25,29)(H,27,28). The van der Waals surface area contributed by atoms with E-state index in [0.29, 0.717) is 12.1 Å². The Morgan fingerprint density at radius 3 is 2.23 bits per heavy atom. The third-order valence-corrected chi connectivity index (χ3v) is 4.09. The number of benzene rings is 2. The van der Waals surface area contributed by atoms with E-state index in [9.17, 15) is 9.59 Å². The van der Waals surface area contributed by atoms with Crippen molar-refractivity contribution < 1.29 is 14.3 Å². The molecule has 0 bridgehead atoms. The maximum Gasteiger partial charge on any atom is 0.407 e. The summed E-state index contributed by atoms with van der Waals surface area (Å²) in [5, 5.41) is 6.12. The summed E-state index contributed by atoms with van der Waals surface area (Å²) in [5.41, 5.74) is 7.63. The van der Waals surface area contributed by atoms with Gasteiger partial charge >= 0.3 is 6.09 Å². The van der Waals surface area contributed by atoms with Gasteiger partial charge in [-0.2, -0.15) is 0 Å². The van der Waals surface area contributed by atoms with Crippen molar-refractivity contribution in [1.82, 2.24) is 16.1 Å². The molecule has 4 N–H and O–H groups in total. The third-order valence-electron chi connectivity index (χ3n) is 4.09. The molecule has 0 fully saturated rings. The van der Waals surface area contributed by atoms with Crippen LogP contribution in [0.3, 0.4) is 0 Å². The predicted octanol–water partition coefficient (Wildman–Crippen LogP) is 3.84. The number of hydrogen-bond donors (Lipinski definition) is 4. The molecule has 0 aliphatic heterocycles. The summed E-state index contributed by atoms with van der Waals surface area (Å²) in [7, 11) is 0. The molecule has 0 atom stereocenters. The average molecular weight is 413 g/mol. The molecule has 0 saturated carbocycles. The van der Waals surface area contributed by atoms with Crippen LogP contribution in [0.2, 0.25) is 0 Å². The van der Waals surface area contributed by atoms with Gasteiger partial charge in [-0.05, 0) is 70.0 Å². The van der Waals surface area contributed by atoms with E-state index in [1.165, 1.54) is 0 Å². The Labute approximate surface area is 178 Å². The second-order valence-electron chi connectivity index (χ2n) is 7.95. The molecule has 0 radical (unpaired) electrons. The first-order chi connectivity index (χ1) is 14.3. The van der Waals surface area contributed by atoms with Crippen molar-refractivity contribution in [3.05, 3.63) is 65.7 Å². The molecule has 0 aromatic heterocycles.